The fourth-order valence-corrected chi connectivity index (χ4v) is 0.663. The largest absolute Gasteiger partial charge is 0.231 e. The summed E-state index contributed by atoms with van der Waals surface area (Å²) in [6.45, 7) is 0. The Hall–Kier alpha value is -2.64. The Labute approximate surface area is 92.4 Å². The molecule has 6 heteroatoms. The van der Waals surface area contributed by atoms with E-state index < -0.39 is 0 Å². The quantitative estimate of drug-likeness (QED) is 0.465. The molecule has 2 aliphatic carbocycles. The van der Waals surface area contributed by atoms with Gasteiger partial charge in [-0.25, -0.2) is 30.6 Å². The highest BCUT2D eigenvalue weighted by Gasteiger charge is 2.03. The monoisotopic (exact) mass is 221 g/mol. The number of fused-ring (bicyclic) bond motifs is 1. The zero-order valence-electron chi connectivity index (χ0n) is 7.53. The van der Waals surface area contributed by atoms with E-state index in [-0.39, 0.29) is 7.43 Å². The van der Waals surface area contributed by atoms with Crippen LogP contribution < -0.4 is 0 Å². The molecule has 0 aromatic carbocycles. The minimum absolute atomic E-state index is 0. The molecule has 0 unspecified atom stereocenters. The lowest BCUT2D eigenvalue weighted by Crippen LogP contribution is -1.85. The first kappa shape index (κ1) is 19.0. The van der Waals surface area contributed by atoms with E-state index in [1.807, 2.05) is 0 Å². The number of hydrogen-bond donors (Lipinski definition) is 3. The molecule has 2 rings (SSSR count). The van der Waals surface area contributed by atoms with Crippen LogP contribution >= 0.6 is 0 Å². The van der Waals surface area contributed by atoms with Crippen LogP contribution in [0.15, 0.2) is 24.3 Å². The molecule has 16 heavy (non-hydrogen) atoms. The Bertz CT molecular complexity index is 331. The molecule has 0 bridgehead atoms. The van der Waals surface area contributed by atoms with Crippen LogP contribution in [0, 0.1) is 16.2 Å². The van der Waals surface area contributed by atoms with E-state index in [0.717, 1.165) is 18.2 Å². The molecule has 2 aliphatic rings. The van der Waals surface area contributed by atoms with Crippen LogP contribution in [-0.4, -0.2) is 18.2 Å². The minimum atomic E-state index is 0. The fraction of sp³-hybridized carbons (Fsp3) is 0.100. The molecule has 0 saturated carbocycles. The first-order chi connectivity index (χ1) is 7.21. The summed E-state index contributed by atoms with van der Waals surface area (Å²) in [6.07, 6.45) is 2.25. The van der Waals surface area contributed by atoms with Crippen LogP contribution in [-0.2, 0) is 14.4 Å². The summed E-state index contributed by atoms with van der Waals surface area (Å²) in [7, 11) is 0. The maximum absolute atomic E-state index is 8.35. The first-order valence-electron chi connectivity index (χ1n) is 3.43. The molecular formula is C10H11N3O3. The molecule has 0 heterocycles. The number of hydrogen-bond acceptors (Lipinski definition) is 6. The summed E-state index contributed by atoms with van der Waals surface area (Å²) >= 11 is 0. The number of rotatable bonds is 0. The lowest BCUT2D eigenvalue weighted by molar-refractivity contribution is 0.562. The van der Waals surface area contributed by atoms with Crippen molar-refractivity contribution in [2.24, 2.45) is 0 Å². The highest BCUT2D eigenvalue weighted by atomic mass is 16.1. The SMILES string of the molecule is C.N=C=O.N=C=O.N=C=O.c1cc2ccc1-2. The van der Waals surface area contributed by atoms with Crippen molar-refractivity contribution in [3.8, 4) is 11.1 Å². The van der Waals surface area contributed by atoms with Crippen molar-refractivity contribution in [3.63, 3.8) is 0 Å². The van der Waals surface area contributed by atoms with E-state index in [4.69, 9.17) is 30.6 Å². The normalized spacial score (nSPS) is 5.75. The summed E-state index contributed by atoms with van der Waals surface area (Å²) < 4.78 is 0. The van der Waals surface area contributed by atoms with Crippen molar-refractivity contribution in [2.45, 2.75) is 7.43 Å². The van der Waals surface area contributed by atoms with Crippen molar-refractivity contribution in [3.05, 3.63) is 24.3 Å². The van der Waals surface area contributed by atoms with Crippen molar-refractivity contribution in [1.29, 1.82) is 16.2 Å². The van der Waals surface area contributed by atoms with E-state index in [1.54, 1.807) is 0 Å². The second-order valence-corrected chi connectivity index (χ2v) is 1.88. The van der Waals surface area contributed by atoms with Crippen LogP contribution in [0.3, 0.4) is 0 Å². The third kappa shape index (κ3) is 9.45. The standard InChI is InChI=1S/C6H4.3CHNO.CH4/c1-2-6-4-3-5(1)6;3*2-1-3;/h1-4H;3*2H;1H4. The third-order valence-corrected chi connectivity index (χ3v) is 1.22. The molecule has 6 nitrogen and oxygen atoms in total. The van der Waals surface area contributed by atoms with Crippen LogP contribution in [0.25, 0.3) is 11.1 Å². The summed E-state index contributed by atoms with van der Waals surface area (Å²) in [5.74, 6) is 0. The van der Waals surface area contributed by atoms with Crippen molar-refractivity contribution < 1.29 is 14.4 Å². The minimum Gasteiger partial charge on any atom is -0.222 e. The molecule has 0 spiro atoms. The van der Waals surface area contributed by atoms with Gasteiger partial charge in [-0.1, -0.05) is 31.7 Å². The lowest BCUT2D eigenvalue weighted by Gasteiger charge is -2.10. The molecule has 3 N–H and O–H groups in total. The van der Waals surface area contributed by atoms with Gasteiger partial charge in [0.05, 0.1) is 0 Å². The Morgan fingerprint density at radius 3 is 0.812 bits per heavy atom. The average Bonchev–Trinajstić information content (AvgIpc) is 2.15. The Morgan fingerprint density at radius 1 is 0.688 bits per heavy atom. The fourth-order valence-electron chi connectivity index (χ4n) is 0.663. The number of nitrogens with one attached hydrogen (secondary N) is 3. The molecule has 0 atom stereocenters. The van der Waals surface area contributed by atoms with Gasteiger partial charge in [0.15, 0.2) is 0 Å². The predicted octanol–water partition coefficient (Wildman–Crippen LogP) is 2.01. The van der Waals surface area contributed by atoms with E-state index in [2.05, 4.69) is 24.3 Å². The van der Waals surface area contributed by atoms with Crippen molar-refractivity contribution in [2.75, 3.05) is 0 Å². The molecule has 0 radical (unpaired) electrons. The van der Waals surface area contributed by atoms with Gasteiger partial charge >= 0.3 is 0 Å². The zero-order chi connectivity index (χ0) is 12.1. The maximum atomic E-state index is 8.35. The van der Waals surface area contributed by atoms with E-state index in [1.165, 1.54) is 11.1 Å². The molecule has 0 amide bonds. The molecule has 84 valence electrons. The first-order valence-corrected chi connectivity index (χ1v) is 3.43. The smallest absolute Gasteiger partial charge is 0.222 e. The Balaban J connectivity index is -0.000000151. The van der Waals surface area contributed by atoms with Crippen LogP contribution in [0.2, 0.25) is 0 Å². The summed E-state index contributed by atoms with van der Waals surface area (Å²) in [5.41, 5.74) is 2.85. The maximum Gasteiger partial charge on any atom is 0.231 e. The molecule has 0 saturated heterocycles. The number of benzene rings is 1. The van der Waals surface area contributed by atoms with Crippen LogP contribution in [0.5, 0.6) is 0 Å². The van der Waals surface area contributed by atoms with Crippen molar-refractivity contribution >= 4 is 18.2 Å². The van der Waals surface area contributed by atoms with E-state index in [0.29, 0.717) is 0 Å². The van der Waals surface area contributed by atoms with Gasteiger partial charge in [0.2, 0.25) is 18.2 Å². The second-order valence-electron chi connectivity index (χ2n) is 1.88. The molecule has 0 aliphatic heterocycles. The van der Waals surface area contributed by atoms with Crippen molar-refractivity contribution in [1.82, 2.24) is 0 Å². The third-order valence-electron chi connectivity index (χ3n) is 1.22. The summed E-state index contributed by atoms with van der Waals surface area (Å²) in [5, 5.41) is 16.2. The highest BCUT2D eigenvalue weighted by Crippen LogP contribution is 2.29. The molecule has 0 aromatic rings. The van der Waals surface area contributed by atoms with Gasteiger partial charge in [0, 0.05) is 0 Å². The highest BCUT2D eigenvalue weighted by molar-refractivity contribution is 5.75. The lowest BCUT2D eigenvalue weighted by atomic mass is 9.95. The summed E-state index contributed by atoms with van der Waals surface area (Å²) in [4.78, 5) is 25.0. The van der Waals surface area contributed by atoms with Gasteiger partial charge in [-0.15, -0.1) is 0 Å². The van der Waals surface area contributed by atoms with Gasteiger partial charge in [-0.2, -0.15) is 0 Å². The number of carbonyl (C=O) groups excluding carboxylic acids is 3. The second kappa shape index (κ2) is 14.9. The Kier molecular flexibility index (Phi) is 17.7. The van der Waals surface area contributed by atoms with Gasteiger partial charge in [0.1, 0.15) is 0 Å². The topological polar surface area (TPSA) is 123 Å². The zero-order valence-corrected chi connectivity index (χ0v) is 7.53. The van der Waals surface area contributed by atoms with Gasteiger partial charge < -0.3 is 0 Å². The van der Waals surface area contributed by atoms with E-state index in [9.17, 15) is 0 Å². The molecule has 0 fully saturated rings. The van der Waals surface area contributed by atoms with Gasteiger partial charge in [0.25, 0.3) is 0 Å². The molecular weight excluding hydrogens is 210 g/mol. The number of isocyanates is 3. The van der Waals surface area contributed by atoms with Gasteiger partial charge in [-0.05, 0) is 11.1 Å². The van der Waals surface area contributed by atoms with Crippen LogP contribution in [0.4, 0.5) is 0 Å². The summed E-state index contributed by atoms with van der Waals surface area (Å²) in [6, 6.07) is 8.48. The molecule has 0 aromatic heterocycles. The average molecular weight is 221 g/mol. The van der Waals surface area contributed by atoms with Gasteiger partial charge in [-0.3, -0.25) is 0 Å². The predicted molar refractivity (Wildman–Crippen MR) is 57.4 cm³/mol. The van der Waals surface area contributed by atoms with Crippen LogP contribution in [0.1, 0.15) is 7.43 Å². The Morgan fingerprint density at radius 2 is 0.812 bits per heavy atom. The van der Waals surface area contributed by atoms with E-state index >= 15 is 0 Å².